The minimum Gasteiger partial charge on any atom is -0.454 e. The van der Waals surface area contributed by atoms with Crippen LogP contribution in [-0.2, 0) is 30.9 Å². The third kappa shape index (κ3) is 4.86. The summed E-state index contributed by atoms with van der Waals surface area (Å²) in [6.45, 7) is 0.136. The predicted molar refractivity (Wildman–Crippen MR) is 113 cm³/mol. The van der Waals surface area contributed by atoms with Gasteiger partial charge < -0.3 is 19.5 Å². The first-order valence-electron chi connectivity index (χ1n) is 10.3. The van der Waals surface area contributed by atoms with Gasteiger partial charge in [0.05, 0.1) is 4.90 Å². The number of nitrogens with one attached hydrogen (secondary N) is 1. The zero-order chi connectivity index (χ0) is 22.6. The Balaban J connectivity index is 1.32. The number of fused-ring (bicyclic) bond motifs is 1. The van der Waals surface area contributed by atoms with Gasteiger partial charge in [0.2, 0.25) is 16.8 Å². The number of amides is 1. The van der Waals surface area contributed by atoms with Crippen molar-refractivity contribution in [3.63, 3.8) is 0 Å². The molecule has 0 radical (unpaired) electrons. The van der Waals surface area contributed by atoms with Crippen LogP contribution in [0.5, 0.6) is 11.5 Å². The van der Waals surface area contributed by atoms with Crippen LogP contribution in [0.2, 0.25) is 0 Å². The lowest BCUT2D eigenvalue weighted by atomic mass is 10.1. The minimum atomic E-state index is -3.84. The predicted octanol–water partition coefficient (Wildman–Crippen LogP) is 1.82. The Kier molecular flexibility index (Phi) is 6.61. The smallest absolute Gasteiger partial charge is 0.324 e. The fourth-order valence-corrected chi connectivity index (χ4v) is 5.36. The van der Waals surface area contributed by atoms with E-state index in [0.29, 0.717) is 30.8 Å². The lowest BCUT2D eigenvalue weighted by Crippen LogP contribution is -2.49. The lowest BCUT2D eigenvalue weighted by molar-refractivity contribution is -0.153. The molecule has 2 aliphatic rings. The summed E-state index contributed by atoms with van der Waals surface area (Å²) in [5.41, 5.74) is 0.807. The molecule has 1 atom stereocenters. The molecule has 4 rings (SSSR count). The molecule has 0 spiro atoms. The number of carbonyl (C=O) groups is 2. The highest BCUT2D eigenvalue weighted by Gasteiger charge is 2.38. The van der Waals surface area contributed by atoms with Crippen LogP contribution in [0, 0.1) is 0 Å². The fourth-order valence-electron chi connectivity index (χ4n) is 3.69. The van der Waals surface area contributed by atoms with E-state index in [4.69, 9.17) is 14.2 Å². The van der Waals surface area contributed by atoms with E-state index in [1.54, 1.807) is 36.4 Å². The van der Waals surface area contributed by atoms with Gasteiger partial charge in [-0.3, -0.25) is 9.59 Å². The first-order chi connectivity index (χ1) is 15.4. The Hall–Kier alpha value is -3.11. The summed E-state index contributed by atoms with van der Waals surface area (Å²) in [5, 5.41) is 2.67. The lowest BCUT2D eigenvalue weighted by Gasteiger charge is -2.32. The van der Waals surface area contributed by atoms with Crippen molar-refractivity contribution in [1.82, 2.24) is 9.62 Å². The molecule has 0 unspecified atom stereocenters. The molecule has 170 valence electrons. The number of nitrogens with zero attached hydrogens (tertiary/aromatic N) is 1. The maximum Gasteiger partial charge on any atom is 0.324 e. The van der Waals surface area contributed by atoms with E-state index in [9.17, 15) is 18.0 Å². The van der Waals surface area contributed by atoms with E-state index in [0.717, 1.165) is 5.56 Å². The van der Waals surface area contributed by atoms with Crippen LogP contribution < -0.4 is 14.8 Å². The second-order valence-electron chi connectivity index (χ2n) is 7.51. The van der Waals surface area contributed by atoms with Crippen molar-refractivity contribution in [3.8, 4) is 11.5 Å². The number of sulfonamides is 1. The third-order valence-electron chi connectivity index (χ3n) is 5.35. The molecule has 0 aromatic heterocycles. The van der Waals surface area contributed by atoms with Gasteiger partial charge in [0.25, 0.3) is 5.91 Å². The topological polar surface area (TPSA) is 111 Å². The molecule has 32 heavy (non-hydrogen) atoms. The van der Waals surface area contributed by atoms with Crippen molar-refractivity contribution in [3.05, 3.63) is 54.1 Å². The molecule has 1 saturated heterocycles. The van der Waals surface area contributed by atoms with E-state index in [1.165, 1.54) is 16.4 Å². The molecule has 9 nitrogen and oxygen atoms in total. The summed E-state index contributed by atoms with van der Waals surface area (Å²) in [7, 11) is -3.84. The highest BCUT2D eigenvalue weighted by molar-refractivity contribution is 7.89. The molecule has 2 heterocycles. The third-order valence-corrected chi connectivity index (χ3v) is 7.27. The Morgan fingerprint density at radius 1 is 1.06 bits per heavy atom. The summed E-state index contributed by atoms with van der Waals surface area (Å²) in [6, 6.07) is 12.4. The normalized spacial score (nSPS) is 18.2. The zero-order valence-electron chi connectivity index (χ0n) is 17.4. The van der Waals surface area contributed by atoms with Crippen LogP contribution in [0.25, 0.3) is 0 Å². The van der Waals surface area contributed by atoms with Gasteiger partial charge in [0.15, 0.2) is 18.1 Å². The number of carbonyl (C=O) groups excluding carboxylic acids is 2. The van der Waals surface area contributed by atoms with Crippen LogP contribution in [0.3, 0.4) is 0 Å². The zero-order valence-corrected chi connectivity index (χ0v) is 18.2. The Labute approximate surface area is 186 Å². The summed E-state index contributed by atoms with van der Waals surface area (Å²) < 4.78 is 42.9. The highest BCUT2D eigenvalue weighted by atomic mass is 32.2. The summed E-state index contributed by atoms with van der Waals surface area (Å²) in [6.07, 6.45) is 1.71. The van der Waals surface area contributed by atoms with Gasteiger partial charge in [-0.2, -0.15) is 4.31 Å². The number of benzene rings is 2. The van der Waals surface area contributed by atoms with Crippen molar-refractivity contribution in [2.24, 2.45) is 0 Å². The number of ether oxygens (including phenoxy) is 3. The van der Waals surface area contributed by atoms with Gasteiger partial charge in [-0.05, 0) is 49.1 Å². The first-order valence-corrected chi connectivity index (χ1v) is 11.8. The van der Waals surface area contributed by atoms with Crippen LogP contribution in [0.1, 0.15) is 24.8 Å². The molecular formula is C22H24N2O7S. The molecule has 1 amide bonds. The maximum atomic E-state index is 13.0. The SMILES string of the molecule is O=C(COC(=O)[C@H]1CCCCN1S(=O)(=O)c1ccccc1)NCc1ccc2c(c1)OCO2. The maximum absolute atomic E-state index is 13.0. The van der Waals surface area contributed by atoms with Crippen molar-refractivity contribution in [2.75, 3.05) is 19.9 Å². The van der Waals surface area contributed by atoms with Gasteiger partial charge in [0.1, 0.15) is 6.04 Å². The molecule has 2 aromatic rings. The van der Waals surface area contributed by atoms with Crippen LogP contribution >= 0.6 is 0 Å². The van der Waals surface area contributed by atoms with Crippen molar-refractivity contribution in [2.45, 2.75) is 36.7 Å². The quantitative estimate of drug-likeness (QED) is 0.628. The van der Waals surface area contributed by atoms with Crippen molar-refractivity contribution >= 4 is 21.9 Å². The van der Waals surface area contributed by atoms with Gasteiger partial charge in [-0.25, -0.2) is 8.42 Å². The van der Waals surface area contributed by atoms with E-state index >= 15 is 0 Å². The molecule has 0 bridgehead atoms. The monoisotopic (exact) mass is 460 g/mol. The van der Waals surface area contributed by atoms with Crippen LogP contribution in [0.15, 0.2) is 53.4 Å². The molecular weight excluding hydrogens is 436 g/mol. The molecule has 2 aliphatic heterocycles. The molecule has 0 saturated carbocycles. The van der Waals surface area contributed by atoms with Gasteiger partial charge in [-0.15, -0.1) is 0 Å². The summed E-state index contributed by atoms with van der Waals surface area (Å²) in [4.78, 5) is 24.9. The molecule has 1 fully saturated rings. The molecule has 0 aliphatic carbocycles. The average molecular weight is 461 g/mol. The number of hydrogen-bond donors (Lipinski definition) is 1. The van der Waals surface area contributed by atoms with Gasteiger partial charge >= 0.3 is 5.97 Å². The van der Waals surface area contributed by atoms with E-state index in [1.807, 2.05) is 0 Å². The minimum absolute atomic E-state index is 0.126. The first kappa shape index (κ1) is 22.1. The fraction of sp³-hybridized carbons (Fsp3) is 0.364. The van der Waals surface area contributed by atoms with Crippen LogP contribution in [-0.4, -0.2) is 50.6 Å². The Morgan fingerprint density at radius 3 is 2.66 bits per heavy atom. The number of esters is 1. The molecule has 10 heteroatoms. The van der Waals surface area contributed by atoms with Gasteiger partial charge in [-0.1, -0.05) is 24.3 Å². The summed E-state index contributed by atoms with van der Waals surface area (Å²) in [5.74, 6) is 0.0587. The second kappa shape index (κ2) is 9.58. The van der Waals surface area contributed by atoms with Crippen molar-refractivity contribution < 1.29 is 32.2 Å². The average Bonchev–Trinajstić information content (AvgIpc) is 3.29. The number of hydrogen-bond acceptors (Lipinski definition) is 7. The van der Waals surface area contributed by atoms with E-state index < -0.39 is 34.5 Å². The second-order valence-corrected chi connectivity index (χ2v) is 9.40. The highest BCUT2D eigenvalue weighted by Crippen LogP contribution is 2.32. The number of piperidine rings is 1. The molecule has 2 aromatic carbocycles. The largest absolute Gasteiger partial charge is 0.454 e. The number of rotatable bonds is 7. The van der Waals surface area contributed by atoms with E-state index in [2.05, 4.69) is 5.32 Å². The van der Waals surface area contributed by atoms with Gasteiger partial charge in [0, 0.05) is 13.1 Å². The Bertz CT molecular complexity index is 1090. The van der Waals surface area contributed by atoms with Crippen molar-refractivity contribution in [1.29, 1.82) is 0 Å². The summed E-state index contributed by atoms with van der Waals surface area (Å²) >= 11 is 0. The van der Waals surface area contributed by atoms with E-state index in [-0.39, 0.29) is 24.8 Å². The standard InChI is InChI=1S/C22H24N2O7S/c25-21(23-13-16-9-10-19-20(12-16)31-15-30-19)14-29-22(26)18-8-4-5-11-24(18)32(27,28)17-6-2-1-3-7-17/h1-3,6-7,9-10,12,18H,4-5,8,11,13-15H2,(H,23,25)/t18-/m1/s1. The Morgan fingerprint density at radius 2 is 1.84 bits per heavy atom. The molecule has 1 N–H and O–H groups in total. The van der Waals surface area contributed by atoms with Crippen LogP contribution in [0.4, 0.5) is 0 Å².